The number of carbonyl (C=O) groups is 1. The van der Waals surface area contributed by atoms with Crippen LogP contribution in [-0.4, -0.2) is 22.8 Å². The van der Waals surface area contributed by atoms with Gasteiger partial charge < -0.3 is 10.2 Å². The third-order valence-electron chi connectivity index (χ3n) is 3.64. The Labute approximate surface area is 141 Å². The second-order valence-corrected chi connectivity index (χ2v) is 6.22. The number of carboxylic acid groups (broad SMARTS) is 1. The van der Waals surface area contributed by atoms with Gasteiger partial charge in [0.2, 0.25) is 0 Å². The summed E-state index contributed by atoms with van der Waals surface area (Å²) in [6.45, 7) is 8.29. The number of carboxylic acids is 1. The minimum Gasteiger partial charge on any atom is -0.478 e. The quantitative estimate of drug-likeness (QED) is 0.407. The maximum absolute atomic E-state index is 11.3. The van der Waals surface area contributed by atoms with E-state index in [1.165, 1.54) is 11.1 Å². The lowest BCUT2D eigenvalue weighted by atomic mass is 10.0. The van der Waals surface area contributed by atoms with Crippen molar-refractivity contribution in [2.75, 3.05) is 6.61 Å². The van der Waals surface area contributed by atoms with Gasteiger partial charge in [0.1, 0.15) is 0 Å². The van der Waals surface area contributed by atoms with Crippen LogP contribution in [0.1, 0.15) is 66.2 Å². The van der Waals surface area contributed by atoms with Crippen LogP contribution in [0.4, 0.5) is 0 Å². The number of hydrogen-bond donors (Lipinski definition) is 2. The summed E-state index contributed by atoms with van der Waals surface area (Å²) in [4.78, 5) is 11.3. The van der Waals surface area contributed by atoms with E-state index in [0.717, 1.165) is 31.3 Å². The molecule has 0 bridgehead atoms. The van der Waals surface area contributed by atoms with Crippen LogP contribution in [0, 0.1) is 0 Å². The molecule has 130 valence electrons. The van der Waals surface area contributed by atoms with E-state index in [2.05, 4.69) is 32.9 Å². The molecule has 0 rings (SSSR count). The van der Waals surface area contributed by atoms with Gasteiger partial charge in [0.05, 0.1) is 6.61 Å². The van der Waals surface area contributed by atoms with Crippen molar-refractivity contribution < 1.29 is 15.0 Å². The first kappa shape index (κ1) is 21.4. The minimum atomic E-state index is -0.829. The largest absolute Gasteiger partial charge is 0.478 e. The number of hydrogen-bond acceptors (Lipinski definition) is 2. The van der Waals surface area contributed by atoms with Gasteiger partial charge >= 0.3 is 5.97 Å². The fourth-order valence-corrected chi connectivity index (χ4v) is 2.19. The molecule has 0 saturated carbocycles. The zero-order valence-electron chi connectivity index (χ0n) is 15.1. The van der Waals surface area contributed by atoms with Crippen molar-refractivity contribution in [1.82, 2.24) is 0 Å². The molecule has 0 aromatic rings. The summed E-state index contributed by atoms with van der Waals surface area (Å²) in [5, 5.41) is 18.1. The van der Waals surface area contributed by atoms with Crippen molar-refractivity contribution in [3.63, 3.8) is 0 Å². The molecule has 0 saturated heterocycles. The van der Waals surface area contributed by atoms with Crippen LogP contribution in [0.3, 0.4) is 0 Å². The standard InChI is InChI=1S/C20H32O3/c1-16(2)8-5-9-17(3)10-6-12-19(20(22)23)13-7-11-18(4)14-15-21/h8,10,13-14,21H,5-7,9,11-12,15H2,1-4H3,(H,22,23)/b17-10+,18-14+,19-13+. The summed E-state index contributed by atoms with van der Waals surface area (Å²) < 4.78 is 0. The smallest absolute Gasteiger partial charge is 0.331 e. The lowest BCUT2D eigenvalue weighted by Gasteiger charge is -2.03. The molecule has 0 aliphatic carbocycles. The highest BCUT2D eigenvalue weighted by molar-refractivity contribution is 5.86. The Morgan fingerprint density at radius 3 is 1.83 bits per heavy atom. The Morgan fingerprint density at radius 1 is 0.783 bits per heavy atom. The predicted molar refractivity (Wildman–Crippen MR) is 97.5 cm³/mol. The van der Waals surface area contributed by atoms with Crippen molar-refractivity contribution >= 4 is 5.97 Å². The molecule has 0 aliphatic heterocycles. The summed E-state index contributed by atoms with van der Waals surface area (Å²) in [5.74, 6) is -0.829. The lowest BCUT2D eigenvalue weighted by Crippen LogP contribution is -2.00. The number of aliphatic carboxylic acids is 1. The molecule has 23 heavy (non-hydrogen) atoms. The molecular weight excluding hydrogens is 288 g/mol. The van der Waals surface area contributed by atoms with Gasteiger partial charge in [-0.15, -0.1) is 0 Å². The van der Waals surface area contributed by atoms with E-state index in [-0.39, 0.29) is 6.61 Å². The highest BCUT2D eigenvalue weighted by Gasteiger charge is 2.05. The molecule has 2 N–H and O–H groups in total. The molecule has 0 atom stereocenters. The Morgan fingerprint density at radius 2 is 1.30 bits per heavy atom. The van der Waals surface area contributed by atoms with Crippen molar-refractivity contribution in [2.45, 2.75) is 66.2 Å². The molecular formula is C20H32O3. The zero-order valence-corrected chi connectivity index (χ0v) is 15.1. The van der Waals surface area contributed by atoms with Crippen LogP contribution in [0.25, 0.3) is 0 Å². The third-order valence-corrected chi connectivity index (χ3v) is 3.64. The number of aliphatic hydroxyl groups excluding tert-OH is 1. The van der Waals surface area contributed by atoms with Gasteiger partial charge in [-0.05, 0) is 66.2 Å². The first-order valence-corrected chi connectivity index (χ1v) is 8.34. The Bertz CT molecular complexity index is 475. The van der Waals surface area contributed by atoms with Gasteiger partial charge in [-0.1, -0.05) is 41.0 Å². The number of rotatable bonds is 11. The fourth-order valence-electron chi connectivity index (χ4n) is 2.19. The molecule has 0 unspecified atom stereocenters. The SMILES string of the molecule is CC(C)=CCC/C(C)=C/CC/C(=C\CC/C(C)=C/CO)C(=O)O. The van der Waals surface area contributed by atoms with E-state index in [4.69, 9.17) is 5.11 Å². The van der Waals surface area contributed by atoms with E-state index in [9.17, 15) is 9.90 Å². The number of allylic oxidation sites excluding steroid dienone is 6. The molecule has 0 aliphatic rings. The number of aliphatic hydroxyl groups is 1. The average Bonchev–Trinajstić information content (AvgIpc) is 2.45. The van der Waals surface area contributed by atoms with Crippen LogP contribution in [-0.2, 0) is 4.79 Å². The van der Waals surface area contributed by atoms with Gasteiger partial charge in [-0.2, -0.15) is 0 Å². The highest BCUT2D eigenvalue weighted by Crippen LogP contribution is 2.14. The normalized spacial score (nSPS) is 13.2. The summed E-state index contributed by atoms with van der Waals surface area (Å²) >= 11 is 0. The molecule has 0 heterocycles. The molecule has 0 radical (unpaired) electrons. The molecule has 3 nitrogen and oxygen atoms in total. The maximum atomic E-state index is 11.3. The third kappa shape index (κ3) is 12.6. The van der Waals surface area contributed by atoms with Crippen LogP contribution >= 0.6 is 0 Å². The zero-order chi connectivity index (χ0) is 17.7. The summed E-state index contributed by atoms with van der Waals surface area (Å²) in [7, 11) is 0. The topological polar surface area (TPSA) is 57.5 Å². The van der Waals surface area contributed by atoms with Crippen LogP contribution < -0.4 is 0 Å². The lowest BCUT2D eigenvalue weighted by molar-refractivity contribution is -0.132. The second-order valence-electron chi connectivity index (χ2n) is 6.22. The summed E-state index contributed by atoms with van der Waals surface area (Å²) in [6, 6.07) is 0. The van der Waals surface area contributed by atoms with Crippen molar-refractivity contribution in [2.24, 2.45) is 0 Å². The van der Waals surface area contributed by atoms with E-state index in [1.807, 2.05) is 13.0 Å². The van der Waals surface area contributed by atoms with Gasteiger partial charge in [0.25, 0.3) is 0 Å². The Balaban J connectivity index is 4.35. The summed E-state index contributed by atoms with van der Waals surface area (Å²) in [6.07, 6.45) is 12.8. The van der Waals surface area contributed by atoms with E-state index in [0.29, 0.717) is 18.4 Å². The first-order chi connectivity index (χ1) is 10.9. The molecule has 0 fully saturated rings. The Kier molecular flexibility index (Phi) is 12.0. The first-order valence-electron chi connectivity index (χ1n) is 8.34. The minimum absolute atomic E-state index is 0.0398. The fraction of sp³-hybridized carbons (Fsp3) is 0.550. The van der Waals surface area contributed by atoms with Crippen molar-refractivity contribution in [3.8, 4) is 0 Å². The molecule has 0 spiro atoms. The monoisotopic (exact) mass is 320 g/mol. The van der Waals surface area contributed by atoms with Gasteiger partial charge in [-0.3, -0.25) is 0 Å². The van der Waals surface area contributed by atoms with Crippen LogP contribution in [0.15, 0.2) is 46.6 Å². The molecule has 0 aromatic heterocycles. The molecule has 0 aromatic carbocycles. The van der Waals surface area contributed by atoms with Crippen molar-refractivity contribution in [1.29, 1.82) is 0 Å². The van der Waals surface area contributed by atoms with Crippen LogP contribution in [0.2, 0.25) is 0 Å². The second kappa shape index (κ2) is 12.9. The van der Waals surface area contributed by atoms with Gasteiger partial charge in [-0.25, -0.2) is 4.79 Å². The average molecular weight is 320 g/mol. The summed E-state index contributed by atoms with van der Waals surface area (Å²) in [5.41, 5.74) is 4.21. The van der Waals surface area contributed by atoms with E-state index < -0.39 is 5.97 Å². The highest BCUT2D eigenvalue weighted by atomic mass is 16.4. The molecule has 0 amide bonds. The Hall–Kier alpha value is -1.61. The van der Waals surface area contributed by atoms with E-state index >= 15 is 0 Å². The predicted octanol–water partition coefficient (Wildman–Crippen LogP) is 5.19. The van der Waals surface area contributed by atoms with Gasteiger partial charge in [0.15, 0.2) is 0 Å². The van der Waals surface area contributed by atoms with E-state index in [1.54, 1.807) is 6.08 Å². The maximum Gasteiger partial charge on any atom is 0.331 e. The molecule has 3 heteroatoms. The van der Waals surface area contributed by atoms with Gasteiger partial charge in [0, 0.05) is 5.57 Å². The van der Waals surface area contributed by atoms with Crippen LogP contribution in [0.5, 0.6) is 0 Å². The van der Waals surface area contributed by atoms with Crippen molar-refractivity contribution in [3.05, 3.63) is 46.6 Å².